The Morgan fingerprint density at radius 1 is 1.21 bits per heavy atom. The number of carbonyl (C=O) groups is 2. The molecular weight excluding hydrogens is 322 g/mol. The van der Waals surface area contributed by atoms with Crippen molar-refractivity contribution in [3.05, 3.63) is 41.6 Å². The summed E-state index contributed by atoms with van der Waals surface area (Å²) in [5.74, 6) is -0.791. The monoisotopic (exact) mass is 341 g/mol. The van der Waals surface area contributed by atoms with E-state index in [9.17, 15) is 9.59 Å². The molecule has 0 radical (unpaired) electrons. The molecule has 0 aliphatic carbocycles. The minimum absolute atomic E-state index is 0.116. The van der Waals surface area contributed by atoms with Gasteiger partial charge < -0.3 is 4.57 Å². The molecule has 1 fully saturated rings. The number of nitrogens with zero attached hydrogens (tertiary/aromatic N) is 2. The first kappa shape index (κ1) is 16.4. The maximum Gasteiger partial charge on any atom is 0.265 e. The van der Waals surface area contributed by atoms with Crippen LogP contribution in [0.25, 0.3) is 17.0 Å². The predicted molar refractivity (Wildman–Crippen MR) is 98.3 cm³/mol. The van der Waals surface area contributed by atoms with Crippen molar-refractivity contribution in [1.29, 1.82) is 0 Å². The van der Waals surface area contributed by atoms with Crippen molar-refractivity contribution < 1.29 is 9.59 Å². The number of likely N-dealkylation sites (N-methyl/N-ethyl adjacent to an activating group) is 1. The maximum atomic E-state index is 12.6. The van der Waals surface area contributed by atoms with Crippen molar-refractivity contribution in [2.45, 2.75) is 26.8 Å². The molecule has 1 N–H and O–H groups in total. The van der Waals surface area contributed by atoms with Gasteiger partial charge in [0.25, 0.3) is 11.8 Å². The number of hydrogen-bond acceptors (Lipinski definition) is 3. The van der Waals surface area contributed by atoms with Gasteiger partial charge >= 0.3 is 0 Å². The lowest BCUT2D eigenvalue weighted by atomic mass is 10.1. The molecule has 3 rings (SSSR count). The summed E-state index contributed by atoms with van der Waals surface area (Å²) in [6.45, 7) is 5.25. The minimum Gasteiger partial charge on any atom is -0.347 e. The van der Waals surface area contributed by atoms with E-state index in [0.29, 0.717) is 6.54 Å². The van der Waals surface area contributed by atoms with E-state index in [1.807, 2.05) is 37.4 Å². The largest absolute Gasteiger partial charge is 0.347 e. The Hall–Kier alpha value is -2.47. The topological polar surface area (TPSA) is 54.3 Å². The van der Waals surface area contributed by atoms with Crippen LogP contribution in [0.3, 0.4) is 0 Å². The fourth-order valence-corrected chi connectivity index (χ4v) is 3.26. The Morgan fingerprint density at radius 3 is 2.67 bits per heavy atom. The number of aryl methyl sites for hydroxylation is 1. The highest BCUT2D eigenvalue weighted by Gasteiger charge is 2.32. The second kappa shape index (κ2) is 6.57. The van der Waals surface area contributed by atoms with E-state index < -0.39 is 5.91 Å². The Kier molecular flexibility index (Phi) is 4.49. The summed E-state index contributed by atoms with van der Waals surface area (Å²) < 4.78 is 2.15. The van der Waals surface area contributed by atoms with Crippen molar-refractivity contribution in [2.75, 3.05) is 6.54 Å². The second-order valence-electron chi connectivity index (χ2n) is 5.66. The van der Waals surface area contributed by atoms with E-state index in [4.69, 9.17) is 12.2 Å². The molecule has 0 spiro atoms. The Bertz CT molecular complexity index is 866. The molecule has 24 heavy (non-hydrogen) atoms. The first-order chi connectivity index (χ1) is 11.6. The van der Waals surface area contributed by atoms with E-state index in [1.54, 1.807) is 6.08 Å². The first-order valence-electron chi connectivity index (χ1n) is 8.03. The van der Waals surface area contributed by atoms with E-state index >= 15 is 0 Å². The highest BCUT2D eigenvalue weighted by molar-refractivity contribution is 7.80. The number of amides is 2. The van der Waals surface area contributed by atoms with Crippen LogP contribution in [0.15, 0.2) is 36.0 Å². The average Bonchev–Trinajstić information content (AvgIpc) is 2.90. The highest BCUT2D eigenvalue weighted by Crippen LogP contribution is 2.25. The lowest BCUT2D eigenvalue weighted by Crippen LogP contribution is -2.53. The van der Waals surface area contributed by atoms with Crippen molar-refractivity contribution in [1.82, 2.24) is 14.8 Å². The third-order valence-electron chi connectivity index (χ3n) is 4.09. The molecule has 2 heterocycles. The Labute approximate surface area is 145 Å². The molecule has 0 atom stereocenters. The molecule has 2 amide bonds. The van der Waals surface area contributed by atoms with Crippen LogP contribution in [0.5, 0.6) is 0 Å². The zero-order chi connectivity index (χ0) is 17.3. The van der Waals surface area contributed by atoms with Crippen LogP contribution in [0.4, 0.5) is 0 Å². The number of nitrogens with one attached hydrogen (secondary N) is 1. The Morgan fingerprint density at radius 2 is 1.96 bits per heavy atom. The summed E-state index contributed by atoms with van der Waals surface area (Å²) in [6, 6.07) is 7.99. The van der Waals surface area contributed by atoms with E-state index in [0.717, 1.165) is 29.4 Å². The van der Waals surface area contributed by atoms with Gasteiger partial charge in [0.1, 0.15) is 5.57 Å². The van der Waals surface area contributed by atoms with Gasteiger partial charge in [0, 0.05) is 35.8 Å². The molecule has 5 nitrogen and oxygen atoms in total. The van der Waals surface area contributed by atoms with Crippen LogP contribution in [0.1, 0.15) is 25.8 Å². The van der Waals surface area contributed by atoms with Gasteiger partial charge in [0.2, 0.25) is 0 Å². The third-order valence-corrected chi connectivity index (χ3v) is 4.41. The molecule has 6 heteroatoms. The van der Waals surface area contributed by atoms with Crippen LogP contribution in [-0.4, -0.2) is 32.9 Å². The van der Waals surface area contributed by atoms with Crippen molar-refractivity contribution >= 4 is 46.1 Å². The SMILES string of the molecule is CCCn1cc(/C=C2/C(=O)NC(=S)N(CC)C2=O)c2ccccc21. The van der Waals surface area contributed by atoms with E-state index in [2.05, 4.69) is 16.8 Å². The molecule has 1 aromatic heterocycles. The van der Waals surface area contributed by atoms with Crippen molar-refractivity contribution in [2.24, 2.45) is 0 Å². The zero-order valence-corrected chi connectivity index (χ0v) is 14.5. The van der Waals surface area contributed by atoms with Crippen LogP contribution in [0, 0.1) is 0 Å². The van der Waals surface area contributed by atoms with Gasteiger partial charge in [0.05, 0.1) is 0 Å². The van der Waals surface area contributed by atoms with Crippen LogP contribution in [0.2, 0.25) is 0 Å². The molecule has 2 aromatic rings. The van der Waals surface area contributed by atoms with Crippen molar-refractivity contribution in [3.8, 4) is 0 Å². The number of fused-ring (bicyclic) bond motifs is 1. The number of aromatic nitrogens is 1. The van der Waals surface area contributed by atoms with Gasteiger partial charge in [-0.2, -0.15) is 0 Å². The molecule has 1 saturated heterocycles. The van der Waals surface area contributed by atoms with E-state index in [1.165, 1.54) is 4.90 Å². The van der Waals surface area contributed by atoms with Gasteiger partial charge in [-0.05, 0) is 37.7 Å². The molecule has 1 aliphatic heterocycles. The predicted octanol–water partition coefficient (Wildman–Crippen LogP) is 2.70. The summed E-state index contributed by atoms with van der Waals surface area (Å²) in [4.78, 5) is 26.2. The van der Waals surface area contributed by atoms with Crippen LogP contribution < -0.4 is 5.32 Å². The van der Waals surface area contributed by atoms with Crippen LogP contribution in [-0.2, 0) is 16.1 Å². The smallest absolute Gasteiger partial charge is 0.265 e. The minimum atomic E-state index is -0.443. The number of benzene rings is 1. The van der Waals surface area contributed by atoms with Gasteiger partial charge in [-0.3, -0.25) is 19.8 Å². The Balaban J connectivity index is 2.10. The number of para-hydroxylation sites is 1. The normalized spacial score (nSPS) is 17.0. The lowest BCUT2D eigenvalue weighted by molar-refractivity contribution is -0.128. The first-order valence-corrected chi connectivity index (χ1v) is 8.44. The number of rotatable bonds is 4. The average molecular weight is 341 g/mol. The molecular formula is C18H19N3O2S. The molecule has 0 unspecified atom stereocenters. The van der Waals surface area contributed by atoms with Gasteiger partial charge in [-0.1, -0.05) is 25.1 Å². The van der Waals surface area contributed by atoms with Gasteiger partial charge in [-0.15, -0.1) is 0 Å². The molecule has 124 valence electrons. The molecule has 0 bridgehead atoms. The number of thiocarbonyl (C=S) groups is 1. The number of hydrogen-bond donors (Lipinski definition) is 1. The molecule has 1 aliphatic rings. The quantitative estimate of drug-likeness (QED) is 0.528. The fourth-order valence-electron chi connectivity index (χ4n) is 2.95. The maximum absolute atomic E-state index is 12.6. The summed E-state index contributed by atoms with van der Waals surface area (Å²) in [6.07, 6.45) is 4.66. The zero-order valence-electron chi connectivity index (χ0n) is 13.7. The summed E-state index contributed by atoms with van der Waals surface area (Å²) >= 11 is 5.06. The highest BCUT2D eigenvalue weighted by atomic mass is 32.1. The molecule has 1 aromatic carbocycles. The summed E-state index contributed by atoms with van der Waals surface area (Å²) in [5.41, 5.74) is 2.07. The number of carbonyl (C=O) groups excluding carboxylic acids is 2. The van der Waals surface area contributed by atoms with E-state index in [-0.39, 0.29) is 16.6 Å². The second-order valence-corrected chi connectivity index (χ2v) is 6.05. The summed E-state index contributed by atoms with van der Waals surface area (Å²) in [7, 11) is 0. The van der Waals surface area contributed by atoms with Crippen LogP contribution >= 0.6 is 12.2 Å². The third kappa shape index (κ3) is 2.73. The van der Waals surface area contributed by atoms with Gasteiger partial charge in [0.15, 0.2) is 5.11 Å². The molecule has 0 saturated carbocycles. The van der Waals surface area contributed by atoms with Gasteiger partial charge in [-0.25, -0.2) is 0 Å². The summed E-state index contributed by atoms with van der Waals surface area (Å²) in [5, 5.41) is 3.77. The lowest BCUT2D eigenvalue weighted by Gasteiger charge is -2.27. The fraction of sp³-hybridized carbons (Fsp3) is 0.278. The van der Waals surface area contributed by atoms with Crippen molar-refractivity contribution in [3.63, 3.8) is 0 Å². The standard InChI is InChI=1S/C18H19N3O2S/c1-3-9-20-11-12(13-7-5-6-8-15(13)20)10-14-16(22)19-18(24)21(4-2)17(14)23/h5-8,10-11H,3-4,9H2,1-2H3,(H,19,22,24)/b14-10-.